The number of rotatable bonds is 4. The van der Waals surface area contributed by atoms with Gasteiger partial charge in [0.2, 0.25) is 0 Å². The lowest BCUT2D eigenvalue weighted by Gasteiger charge is -2.22. The number of aliphatic carboxylic acids is 1. The van der Waals surface area contributed by atoms with E-state index in [0.717, 1.165) is 29.5 Å². The highest BCUT2D eigenvalue weighted by Crippen LogP contribution is 2.52. The Labute approximate surface area is 137 Å². The Bertz CT molecular complexity index is 639. The van der Waals surface area contributed by atoms with Crippen molar-refractivity contribution in [3.8, 4) is 0 Å². The first kappa shape index (κ1) is 17.3. The molecule has 0 aliphatic heterocycles. The topological polar surface area (TPSA) is 75.6 Å². The number of carbonyl (C=O) groups excluding carboxylic acids is 1. The fraction of sp³-hybridized carbons (Fsp3) is 0.556. The molecule has 0 unspecified atom stereocenters. The van der Waals surface area contributed by atoms with Gasteiger partial charge in [0, 0.05) is 11.1 Å². The van der Waals surface area contributed by atoms with Gasteiger partial charge >= 0.3 is 12.1 Å². The van der Waals surface area contributed by atoms with Gasteiger partial charge in [-0.05, 0) is 70.2 Å². The van der Waals surface area contributed by atoms with Crippen molar-refractivity contribution in [3.05, 3.63) is 28.8 Å². The third kappa shape index (κ3) is 4.24. The summed E-state index contributed by atoms with van der Waals surface area (Å²) in [5.74, 6) is -0.789. The number of anilines is 1. The summed E-state index contributed by atoms with van der Waals surface area (Å²) in [5.41, 5.74) is 2.82. The van der Waals surface area contributed by atoms with Crippen molar-refractivity contribution in [2.24, 2.45) is 0 Å². The molecule has 0 bridgehead atoms. The Morgan fingerprint density at radius 1 is 1.26 bits per heavy atom. The summed E-state index contributed by atoms with van der Waals surface area (Å²) in [6, 6.07) is 3.92. The summed E-state index contributed by atoms with van der Waals surface area (Å²) in [4.78, 5) is 23.1. The fourth-order valence-corrected chi connectivity index (χ4v) is 2.72. The number of amides is 1. The van der Waals surface area contributed by atoms with Crippen LogP contribution in [0.4, 0.5) is 10.5 Å². The predicted octanol–water partition coefficient (Wildman–Crippen LogP) is 4.16. The Balaban J connectivity index is 2.27. The molecule has 126 valence electrons. The first-order valence-corrected chi connectivity index (χ1v) is 7.86. The second-order valence-electron chi connectivity index (χ2n) is 7.44. The van der Waals surface area contributed by atoms with Crippen LogP contribution in [0.3, 0.4) is 0 Å². The van der Waals surface area contributed by atoms with Crippen molar-refractivity contribution in [2.45, 2.75) is 64.9 Å². The SMILES string of the molecule is Cc1cc(C2(CC(=O)O)CC2)cc(NC(=O)OC(C)(C)C)c1C. The molecule has 2 rings (SSSR count). The van der Waals surface area contributed by atoms with Crippen LogP contribution in [0.5, 0.6) is 0 Å². The maximum absolute atomic E-state index is 12.0. The first-order chi connectivity index (χ1) is 10.5. The number of aryl methyl sites for hydroxylation is 1. The minimum atomic E-state index is -0.789. The lowest BCUT2D eigenvalue weighted by atomic mass is 9.89. The highest BCUT2D eigenvalue weighted by Gasteiger charge is 2.46. The van der Waals surface area contributed by atoms with Crippen molar-refractivity contribution in [2.75, 3.05) is 5.32 Å². The summed E-state index contributed by atoms with van der Waals surface area (Å²) in [6.07, 6.45) is 1.36. The van der Waals surface area contributed by atoms with Crippen LogP contribution in [0.1, 0.15) is 56.7 Å². The Morgan fingerprint density at radius 3 is 2.35 bits per heavy atom. The van der Waals surface area contributed by atoms with E-state index in [1.165, 1.54) is 0 Å². The third-order valence-corrected chi connectivity index (χ3v) is 4.26. The molecule has 0 radical (unpaired) electrons. The highest BCUT2D eigenvalue weighted by molar-refractivity contribution is 5.86. The molecule has 1 aromatic rings. The fourth-order valence-electron chi connectivity index (χ4n) is 2.72. The van der Waals surface area contributed by atoms with Crippen LogP contribution in [0.25, 0.3) is 0 Å². The lowest BCUT2D eigenvalue weighted by molar-refractivity contribution is -0.137. The zero-order chi connectivity index (χ0) is 17.4. The minimum Gasteiger partial charge on any atom is -0.481 e. The van der Waals surface area contributed by atoms with E-state index in [2.05, 4.69) is 5.32 Å². The maximum Gasteiger partial charge on any atom is 0.412 e. The van der Waals surface area contributed by atoms with E-state index in [4.69, 9.17) is 9.84 Å². The number of nitrogens with one attached hydrogen (secondary N) is 1. The second-order valence-corrected chi connectivity index (χ2v) is 7.44. The molecule has 0 aromatic heterocycles. The number of carboxylic acid groups (broad SMARTS) is 1. The Hall–Kier alpha value is -2.04. The number of carboxylic acids is 1. The largest absolute Gasteiger partial charge is 0.481 e. The molecule has 2 N–H and O–H groups in total. The molecule has 1 aromatic carbocycles. The van der Waals surface area contributed by atoms with Crippen LogP contribution in [0.15, 0.2) is 12.1 Å². The summed E-state index contributed by atoms with van der Waals surface area (Å²) in [6.45, 7) is 9.34. The molecule has 1 saturated carbocycles. The van der Waals surface area contributed by atoms with Gasteiger partial charge in [-0.15, -0.1) is 0 Å². The molecule has 1 fully saturated rings. The van der Waals surface area contributed by atoms with Crippen molar-refractivity contribution in [1.29, 1.82) is 0 Å². The molecule has 23 heavy (non-hydrogen) atoms. The van der Waals surface area contributed by atoms with Crippen LogP contribution >= 0.6 is 0 Å². The quantitative estimate of drug-likeness (QED) is 0.874. The lowest BCUT2D eigenvalue weighted by Crippen LogP contribution is -2.27. The first-order valence-electron chi connectivity index (χ1n) is 7.86. The van der Waals surface area contributed by atoms with E-state index in [1.54, 1.807) is 0 Å². The van der Waals surface area contributed by atoms with Crippen LogP contribution in [0, 0.1) is 13.8 Å². The van der Waals surface area contributed by atoms with Gasteiger partial charge in [0.1, 0.15) is 5.60 Å². The van der Waals surface area contributed by atoms with E-state index >= 15 is 0 Å². The standard InChI is InChI=1S/C18H25NO4/c1-11-8-13(18(6-7-18)10-15(20)21)9-14(12(11)2)19-16(22)23-17(3,4)5/h8-9H,6-7,10H2,1-5H3,(H,19,22)(H,20,21). The molecule has 1 amide bonds. The number of ether oxygens (including phenoxy) is 1. The molecule has 0 atom stereocenters. The molecule has 1 aliphatic rings. The number of hydrogen-bond acceptors (Lipinski definition) is 3. The van der Waals surface area contributed by atoms with Crippen LogP contribution in [0.2, 0.25) is 0 Å². The van der Waals surface area contributed by atoms with Crippen molar-refractivity contribution in [3.63, 3.8) is 0 Å². The monoisotopic (exact) mass is 319 g/mol. The normalized spacial score (nSPS) is 15.9. The predicted molar refractivity (Wildman–Crippen MR) is 88.9 cm³/mol. The average Bonchev–Trinajstić information content (AvgIpc) is 3.12. The molecule has 0 saturated heterocycles. The zero-order valence-corrected chi connectivity index (χ0v) is 14.4. The summed E-state index contributed by atoms with van der Waals surface area (Å²) in [5, 5.41) is 11.9. The van der Waals surface area contributed by atoms with Gasteiger partial charge in [0.15, 0.2) is 0 Å². The summed E-state index contributed by atoms with van der Waals surface area (Å²) < 4.78 is 5.30. The number of hydrogen-bond donors (Lipinski definition) is 2. The minimum absolute atomic E-state index is 0.126. The average molecular weight is 319 g/mol. The van der Waals surface area contributed by atoms with Gasteiger partial charge < -0.3 is 9.84 Å². The maximum atomic E-state index is 12.0. The highest BCUT2D eigenvalue weighted by atomic mass is 16.6. The smallest absolute Gasteiger partial charge is 0.412 e. The number of carbonyl (C=O) groups is 2. The molecule has 0 heterocycles. The second kappa shape index (κ2) is 5.87. The van der Waals surface area contributed by atoms with E-state index in [1.807, 2.05) is 46.8 Å². The van der Waals surface area contributed by atoms with Gasteiger partial charge in [0.25, 0.3) is 0 Å². The Morgan fingerprint density at radius 2 is 1.87 bits per heavy atom. The van der Waals surface area contributed by atoms with Gasteiger partial charge in [-0.3, -0.25) is 10.1 Å². The van der Waals surface area contributed by atoms with E-state index < -0.39 is 17.7 Å². The molecular formula is C18H25NO4. The van der Waals surface area contributed by atoms with E-state index in [-0.39, 0.29) is 11.8 Å². The molecule has 0 spiro atoms. The number of benzene rings is 1. The van der Waals surface area contributed by atoms with Gasteiger partial charge in [0.05, 0.1) is 6.42 Å². The molecule has 5 heteroatoms. The summed E-state index contributed by atoms with van der Waals surface area (Å²) >= 11 is 0. The molecule has 5 nitrogen and oxygen atoms in total. The van der Waals surface area contributed by atoms with Crippen LogP contribution < -0.4 is 5.32 Å². The van der Waals surface area contributed by atoms with Gasteiger partial charge in [-0.2, -0.15) is 0 Å². The van der Waals surface area contributed by atoms with Crippen molar-refractivity contribution in [1.82, 2.24) is 0 Å². The molecule has 1 aliphatic carbocycles. The van der Waals surface area contributed by atoms with Crippen molar-refractivity contribution >= 4 is 17.7 Å². The third-order valence-electron chi connectivity index (χ3n) is 4.26. The molecular weight excluding hydrogens is 294 g/mol. The van der Waals surface area contributed by atoms with Gasteiger partial charge in [-0.25, -0.2) is 4.79 Å². The zero-order valence-electron chi connectivity index (χ0n) is 14.4. The van der Waals surface area contributed by atoms with E-state index in [0.29, 0.717) is 5.69 Å². The van der Waals surface area contributed by atoms with E-state index in [9.17, 15) is 9.59 Å². The summed E-state index contributed by atoms with van der Waals surface area (Å²) in [7, 11) is 0. The van der Waals surface area contributed by atoms with Crippen LogP contribution in [-0.2, 0) is 14.9 Å². The Kier molecular flexibility index (Phi) is 4.42. The van der Waals surface area contributed by atoms with Crippen LogP contribution in [-0.4, -0.2) is 22.8 Å². The van der Waals surface area contributed by atoms with Crippen molar-refractivity contribution < 1.29 is 19.4 Å². The van der Waals surface area contributed by atoms with Gasteiger partial charge in [-0.1, -0.05) is 6.07 Å².